The first-order valence-electron chi connectivity index (χ1n) is 4.51. The summed E-state index contributed by atoms with van der Waals surface area (Å²) < 4.78 is 10.9. The fourth-order valence-electron chi connectivity index (χ4n) is 2.28. The van der Waals surface area contributed by atoms with Gasteiger partial charge in [-0.15, -0.1) is 0 Å². The average Bonchev–Trinajstić information content (AvgIpc) is 2.71. The molecule has 0 aromatic carbocycles. The summed E-state index contributed by atoms with van der Waals surface area (Å²) in [5.74, 6) is 1.14. The van der Waals surface area contributed by atoms with Gasteiger partial charge in [-0.2, -0.15) is 0 Å². The second-order valence-electron chi connectivity index (χ2n) is 3.68. The molecular weight excluding hydrogens is 152 g/mol. The molecule has 2 fully saturated rings. The van der Waals surface area contributed by atoms with Crippen LogP contribution in [0.1, 0.15) is 0 Å². The molecule has 0 aromatic heterocycles. The van der Waals surface area contributed by atoms with Crippen molar-refractivity contribution in [3.63, 3.8) is 0 Å². The van der Waals surface area contributed by atoms with Crippen LogP contribution in [0.5, 0.6) is 0 Å². The molecule has 2 nitrogen and oxygen atoms in total. The Kier molecular flexibility index (Phi) is 1.40. The standard InChI is InChI=1S/C10H12O2/c1-2-8-4-12-6-10(8)9-5-11-3-7(1)9/h1-2,7-8H,3-6H2/t7-,8+. The molecule has 1 aliphatic carbocycles. The SMILES string of the molecule is C1=C[C@H]2COCC2=C2COC[C@@H]12. The van der Waals surface area contributed by atoms with Gasteiger partial charge < -0.3 is 9.47 Å². The van der Waals surface area contributed by atoms with Crippen LogP contribution in [0, 0.1) is 11.8 Å². The Balaban J connectivity index is 2.04. The first-order valence-corrected chi connectivity index (χ1v) is 4.51. The van der Waals surface area contributed by atoms with Gasteiger partial charge in [0.05, 0.1) is 26.4 Å². The fraction of sp³-hybridized carbons (Fsp3) is 0.600. The van der Waals surface area contributed by atoms with Gasteiger partial charge in [0.25, 0.3) is 0 Å². The molecule has 0 N–H and O–H groups in total. The van der Waals surface area contributed by atoms with Crippen LogP contribution in [-0.2, 0) is 9.47 Å². The monoisotopic (exact) mass is 164 g/mol. The predicted octanol–water partition coefficient (Wildman–Crippen LogP) is 1.15. The minimum Gasteiger partial charge on any atom is -0.376 e. The van der Waals surface area contributed by atoms with E-state index >= 15 is 0 Å². The van der Waals surface area contributed by atoms with Crippen molar-refractivity contribution in [2.45, 2.75) is 0 Å². The van der Waals surface area contributed by atoms with Crippen LogP contribution < -0.4 is 0 Å². The topological polar surface area (TPSA) is 18.5 Å². The molecular formula is C10H12O2. The van der Waals surface area contributed by atoms with Crippen LogP contribution in [0.15, 0.2) is 23.3 Å². The summed E-state index contributed by atoms with van der Waals surface area (Å²) in [5, 5.41) is 0. The van der Waals surface area contributed by atoms with Gasteiger partial charge in [-0.1, -0.05) is 12.2 Å². The number of hydrogen-bond donors (Lipinski definition) is 0. The number of fused-ring (bicyclic) bond motifs is 2. The Morgan fingerprint density at radius 2 is 1.42 bits per heavy atom. The minimum atomic E-state index is 0.568. The maximum atomic E-state index is 5.44. The van der Waals surface area contributed by atoms with Gasteiger partial charge in [0, 0.05) is 11.8 Å². The first kappa shape index (κ1) is 6.87. The third-order valence-corrected chi connectivity index (χ3v) is 2.99. The number of ether oxygens (including phenoxy) is 2. The normalized spacial score (nSPS) is 38.7. The summed E-state index contributed by atoms with van der Waals surface area (Å²) in [4.78, 5) is 0. The van der Waals surface area contributed by atoms with Crippen LogP contribution in [0.4, 0.5) is 0 Å². The van der Waals surface area contributed by atoms with Crippen molar-refractivity contribution in [2.24, 2.45) is 11.8 Å². The van der Waals surface area contributed by atoms with Gasteiger partial charge in [-0.25, -0.2) is 0 Å². The predicted molar refractivity (Wildman–Crippen MR) is 44.8 cm³/mol. The van der Waals surface area contributed by atoms with Crippen molar-refractivity contribution in [1.82, 2.24) is 0 Å². The third kappa shape index (κ3) is 0.822. The maximum absolute atomic E-state index is 5.44. The van der Waals surface area contributed by atoms with Gasteiger partial charge in [-0.3, -0.25) is 0 Å². The van der Waals surface area contributed by atoms with E-state index in [-0.39, 0.29) is 0 Å². The Morgan fingerprint density at radius 3 is 1.92 bits per heavy atom. The molecule has 2 saturated heterocycles. The van der Waals surface area contributed by atoms with E-state index in [4.69, 9.17) is 9.47 Å². The van der Waals surface area contributed by atoms with Gasteiger partial charge in [0.2, 0.25) is 0 Å². The molecule has 2 aliphatic heterocycles. The van der Waals surface area contributed by atoms with Crippen molar-refractivity contribution < 1.29 is 9.47 Å². The van der Waals surface area contributed by atoms with E-state index in [1.54, 1.807) is 0 Å². The van der Waals surface area contributed by atoms with Crippen molar-refractivity contribution in [3.8, 4) is 0 Å². The smallest absolute Gasteiger partial charge is 0.0687 e. The molecule has 0 amide bonds. The van der Waals surface area contributed by atoms with E-state index in [1.807, 2.05) is 0 Å². The summed E-state index contributed by atoms with van der Waals surface area (Å²) in [6.45, 7) is 3.43. The van der Waals surface area contributed by atoms with Crippen molar-refractivity contribution >= 4 is 0 Å². The lowest BCUT2D eigenvalue weighted by Crippen LogP contribution is -2.12. The zero-order valence-electron chi connectivity index (χ0n) is 6.95. The average molecular weight is 164 g/mol. The molecule has 0 bridgehead atoms. The highest BCUT2D eigenvalue weighted by atomic mass is 16.5. The summed E-state index contributed by atoms with van der Waals surface area (Å²) in [7, 11) is 0. The zero-order chi connectivity index (χ0) is 7.97. The Bertz CT molecular complexity index is 239. The van der Waals surface area contributed by atoms with Gasteiger partial charge in [0.15, 0.2) is 0 Å². The first-order chi connectivity index (χ1) is 5.95. The fourth-order valence-corrected chi connectivity index (χ4v) is 2.28. The number of hydrogen-bond acceptors (Lipinski definition) is 2. The third-order valence-electron chi connectivity index (χ3n) is 2.99. The molecule has 0 spiro atoms. The maximum Gasteiger partial charge on any atom is 0.0687 e. The van der Waals surface area contributed by atoms with E-state index in [1.165, 1.54) is 11.1 Å². The zero-order valence-corrected chi connectivity index (χ0v) is 6.95. The highest BCUT2D eigenvalue weighted by Gasteiger charge is 2.32. The molecule has 64 valence electrons. The molecule has 2 heterocycles. The Labute approximate surface area is 71.9 Å². The quantitative estimate of drug-likeness (QED) is 0.500. The van der Waals surface area contributed by atoms with Crippen molar-refractivity contribution in [2.75, 3.05) is 26.4 Å². The molecule has 0 saturated carbocycles. The molecule has 2 atom stereocenters. The van der Waals surface area contributed by atoms with Crippen LogP contribution >= 0.6 is 0 Å². The van der Waals surface area contributed by atoms with E-state index < -0.39 is 0 Å². The highest BCUT2D eigenvalue weighted by Crippen LogP contribution is 2.36. The summed E-state index contributed by atoms with van der Waals surface area (Å²) >= 11 is 0. The second kappa shape index (κ2) is 2.44. The Morgan fingerprint density at radius 1 is 0.917 bits per heavy atom. The van der Waals surface area contributed by atoms with Crippen LogP contribution in [0.2, 0.25) is 0 Å². The van der Waals surface area contributed by atoms with Crippen LogP contribution in [-0.4, -0.2) is 26.4 Å². The lowest BCUT2D eigenvalue weighted by atomic mass is 9.85. The van der Waals surface area contributed by atoms with Crippen molar-refractivity contribution in [3.05, 3.63) is 23.3 Å². The molecule has 0 aromatic rings. The van der Waals surface area contributed by atoms with Gasteiger partial charge in [-0.05, 0) is 11.1 Å². The van der Waals surface area contributed by atoms with Crippen LogP contribution in [0.3, 0.4) is 0 Å². The summed E-state index contributed by atoms with van der Waals surface area (Å²) in [5.41, 5.74) is 3.00. The van der Waals surface area contributed by atoms with Gasteiger partial charge >= 0.3 is 0 Å². The Hall–Kier alpha value is -0.600. The van der Waals surface area contributed by atoms with E-state index in [9.17, 15) is 0 Å². The second-order valence-corrected chi connectivity index (χ2v) is 3.68. The van der Waals surface area contributed by atoms with E-state index in [2.05, 4.69) is 12.2 Å². The van der Waals surface area contributed by atoms with E-state index in [0.29, 0.717) is 11.8 Å². The molecule has 2 heteroatoms. The highest BCUT2D eigenvalue weighted by molar-refractivity contribution is 5.34. The van der Waals surface area contributed by atoms with Gasteiger partial charge in [0.1, 0.15) is 0 Å². The molecule has 0 radical (unpaired) electrons. The van der Waals surface area contributed by atoms with Crippen LogP contribution in [0.25, 0.3) is 0 Å². The van der Waals surface area contributed by atoms with E-state index in [0.717, 1.165) is 26.4 Å². The number of rotatable bonds is 0. The molecule has 0 unspecified atom stereocenters. The molecule has 3 aliphatic rings. The summed E-state index contributed by atoms with van der Waals surface area (Å²) in [6, 6.07) is 0. The summed E-state index contributed by atoms with van der Waals surface area (Å²) in [6.07, 6.45) is 4.57. The van der Waals surface area contributed by atoms with Crippen molar-refractivity contribution in [1.29, 1.82) is 0 Å². The molecule has 3 rings (SSSR count). The molecule has 12 heavy (non-hydrogen) atoms. The lowest BCUT2D eigenvalue weighted by Gasteiger charge is -2.17. The largest absolute Gasteiger partial charge is 0.376 e. The minimum absolute atomic E-state index is 0.568. The lowest BCUT2D eigenvalue weighted by molar-refractivity contribution is 0.191.